The summed E-state index contributed by atoms with van der Waals surface area (Å²) in [5, 5.41) is 8.74. The zero-order chi connectivity index (χ0) is 10.7. The van der Waals surface area contributed by atoms with Gasteiger partial charge in [0.1, 0.15) is 0 Å². The Balaban J connectivity index is 3.13. The quantitative estimate of drug-likeness (QED) is 0.696. The Labute approximate surface area is 84.3 Å². The average molecular weight is 189 g/mol. The van der Waals surface area contributed by atoms with E-state index in [0.717, 1.165) is 5.56 Å². The van der Waals surface area contributed by atoms with Crippen molar-refractivity contribution in [3.8, 4) is 6.07 Å². The van der Waals surface area contributed by atoms with Gasteiger partial charge in [-0.1, -0.05) is 13.8 Å². The predicted molar refractivity (Wildman–Crippen MR) is 57.3 cm³/mol. The van der Waals surface area contributed by atoms with Crippen LogP contribution in [0.5, 0.6) is 0 Å². The molecule has 0 heterocycles. The third kappa shape index (κ3) is 2.04. The average Bonchev–Trinajstić information content (AvgIpc) is 2.17. The second-order valence-electron chi connectivity index (χ2n) is 3.73. The second kappa shape index (κ2) is 4.12. The van der Waals surface area contributed by atoms with Crippen molar-refractivity contribution in [1.82, 2.24) is 0 Å². The van der Waals surface area contributed by atoms with E-state index >= 15 is 0 Å². The summed E-state index contributed by atoms with van der Waals surface area (Å²) in [5.74, 6) is 0.311. The van der Waals surface area contributed by atoms with Gasteiger partial charge >= 0.3 is 0 Å². The van der Waals surface area contributed by atoms with Crippen LogP contribution in [0.15, 0.2) is 18.2 Å². The number of nitrogens with zero attached hydrogens (tertiary/aromatic N) is 1. The Bertz CT molecular complexity index is 363. The number of hydrogen-bond donors (Lipinski definition) is 2. The fourth-order valence-corrected chi connectivity index (χ4v) is 1.29. The lowest BCUT2D eigenvalue weighted by Gasteiger charge is -2.18. The Morgan fingerprint density at radius 2 is 2.00 bits per heavy atom. The van der Waals surface area contributed by atoms with Crippen molar-refractivity contribution >= 4 is 5.69 Å². The molecule has 3 heteroatoms. The highest BCUT2D eigenvalue weighted by molar-refractivity contribution is 5.52. The first kappa shape index (κ1) is 10.6. The zero-order valence-electron chi connectivity index (χ0n) is 8.49. The Kier molecular flexibility index (Phi) is 3.10. The molecule has 4 N–H and O–H groups in total. The van der Waals surface area contributed by atoms with Crippen molar-refractivity contribution in [2.75, 3.05) is 5.73 Å². The van der Waals surface area contributed by atoms with Gasteiger partial charge in [0.15, 0.2) is 0 Å². The van der Waals surface area contributed by atoms with Gasteiger partial charge in [-0.2, -0.15) is 5.26 Å². The van der Waals surface area contributed by atoms with E-state index in [-0.39, 0.29) is 6.04 Å². The molecule has 0 aliphatic rings. The number of anilines is 1. The van der Waals surface area contributed by atoms with E-state index in [9.17, 15) is 0 Å². The molecule has 1 rings (SSSR count). The molecule has 1 aromatic rings. The topological polar surface area (TPSA) is 75.8 Å². The first-order valence-electron chi connectivity index (χ1n) is 4.61. The van der Waals surface area contributed by atoms with Crippen LogP contribution >= 0.6 is 0 Å². The minimum Gasteiger partial charge on any atom is -0.398 e. The van der Waals surface area contributed by atoms with Crippen molar-refractivity contribution in [2.24, 2.45) is 11.7 Å². The molecule has 0 spiro atoms. The molecule has 0 aliphatic heterocycles. The highest BCUT2D eigenvalue weighted by Gasteiger charge is 2.13. The monoisotopic (exact) mass is 189 g/mol. The van der Waals surface area contributed by atoms with E-state index in [1.165, 1.54) is 0 Å². The molecule has 0 amide bonds. The summed E-state index contributed by atoms with van der Waals surface area (Å²) >= 11 is 0. The summed E-state index contributed by atoms with van der Waals surface area (Å²) in [7, 11) is 0. The lowest BCUT2D eigenvalue weighted by molar-refractivity contribution is 0.515. The van der Waals surface area contributed by atoms with Crippen LogP contribution in [-0.2, 0) is 0 Å². The van der Waals surface area contributed by atoms with Gasteiger partial charge in [0.25, 0.3) is 0 Å². The first-order chi connectivity index (χ1) is 6.56. The van der Waals surface area contributed by atoms with Gasteiger partial charge < -0.3 is 11.5 Å². The van der Waals surface area contributed by atoms with Crippen LogP contribution < -0.4 is 11.5 Å². The summed E-state index contributed by atoms with van der Waals surface area (Å²) in [5.41, 5.74) is 13.9. The highest BCUT2D eigenvalue weighted by atomic mass is 14.7. The third-order valence-corrected chi connectivity index (χ3v) is 2.29. The van der Waals surface area contributed by atoms with E-state index in [1.807, 2.05) is 13.8 Å². The molecule has 1 atom stereocenters. The highest BCUT2D eigenvalue weighted by Crippen LogP contribution is 2.25. The molecule has 74 valence electrons. The van der Waals surface area contributed by atoms with Gasteiger partial charge in [-0.15, -0.1) is 0 Å². The van der Waals surface area contributed by atoms with Gasteiger partial charge in [0.2, 0.25) is 0 Å². The smallest absolute Gasteiger partial charge is 0.0991 e. The van der Waals surface area contributed by atoms with Crippen LogP contribution in [-0.4, -0.2) is 0 Å². The number of nitriles is 1. The fraction of sp³-hybridized carbons (Fsp3) is 0.364. The third-order valence-electron chi connectivity index (χ3n) is 2.29. The van der Waals surface area contributed by atoms with Gasteiger partial charge in [0, 0.05) is 11.7 Å². The van der Waals surface area contributed by atoms with Gasteiger partial charge in [-0.05, 0) is 29.7 Å². The molecular weight excluding hydrogens is 174 g/mol. The van der Waals surface area contributed by atoms with E-state index < -0.39 is 0 Å². The summed E-state index contributed by atoms with van der Waals surface area (Å²) < 4.78 is 0. The van der Waals surface area contributed by atoms with Crippen molar-refractivity contribution in [3.05, 3.63) is 29.3 Å². The number of nitrogen functional groups attached to an aromatic ring is 1. The standard InChI is InChI=1S/C11H15N3/c1-7(2)11(14)9-5-8(6-12)3-4-10(9)13/h3-5,7,11H,13-14H2,1-2H3/t11-/m1/s1. The maximum Gasteiger partial charge on any atom is 0.0991 e. The van der Waals surface area contributed by atoms with E-state index in [1.54, 1.807) is 18.2 Å². The lowest BCUT2D eigenvalue weighted by atomic mass is 9.94. The summed E-state index contributed by atoms with van der Waals surface area (Å²) in [6.07, 6.45) is 0. The number of rotatable bonds is 2. The van der Waals surface area contributed by atoms with Crippen molar-refractivity contribution in [2.45, 2.75) is 19.9 Å². The molecule has 0 saturated heterocycles. The lowest BCUT2D eigenvalue weighted by Crippen LogP contribution is -2.18. The number of benzene rings is 1. The van der Waals surface area contributed by atoms with Gasteiger partial charge in [-0.25, -0.2) is 0 Å². The maximum absolute atomic E-state index is 8.74. The zero-order valence-corrected chi connectivity index (χ0v) is 8.49. The minimum atomic E-state index is -0.108. The molecule has 0 fully saturated rings. The Morgan fingerprint density at radius 3 is 2.50 bits per heavy atom. The largest absolute Gasteiger partial charge is 0.398 e. The van der Waals surface area contributed by atoms with Crippen molar-refractivity contribution in [3.63, 3.8) is 0 Å². The van der Waals surface area contributed by atoms with E-state index in [2.05, 4.69) is 6.07 Å². The van der Waals surface area contributed by atoms with Crippen LogP contribution in [0.1, 0.15) is 31.0 Å². The van der Waals surface area contributed by atoms with Crippen LogP contribution in [0.3, 0.4) is 0 Å². The van der Waals surface area contributed by atoms with Crippen LogP contribution in [0.2, 0.25) is 0 Å². The molecule has 0 saturated carbocycles. The summed E-state index contributed by atoms with van der Waals surface area (Å²) in [6, 6.07) is 7.17. The van der Waals surface area contributed by atoms with Crippen molar-refractivity contribution < 1.29 is 0 Å². The molecule has 0 aliphatic carbocycles. The Morgan fingerprint density at radius 1 is 1.36 bits per heavy atom. The van der Waals surface area contributed by atoms with E-state index in [0.29, 0.717) is 17.2 Å². The molecule has 0 unspecified atom stereocenters. The number of hydrogen-bond acceptors (Lipinski definition) is 3. The molecule has 0 radical (unpaired) electrons. The number of nitrogens with two attached hydrogens (primary N) is 2. The molecule has 1 aromatic carbocycles. The predicted octanol–water partition coefficient (Wildman–Crippen LogP) is 1.80. The summed E-state index contributed by atoms with van der Waals surface area (Å²) in [6.45, 7) is 4.06. The molecule has 3 nitrogen and oxygen atoms in total. The molecule has 0 aromatic heterocycles. The van der Waals surface area contributed by atoms with E-state index in [4.69, 9.17) is 16.7 Å². The SMILES string of the molecule is CC(C)[C@@H](N)c1cc(C#N)ccc1N. The molecule has 0 bridgehead atoms. The fourth-order valence-electron chi connectivity index (χ4n) is 1.29. The normalized spacial score (nSPS) is 12.5. The summed E-state index contributed by atoms with van der Waals surface area (Å²) in [4.78, 5) is 0. The molecular formula is C11H15N3. The maximum atomic E-state index is 8.74. The minimum absolute atomic E-state index is 0.108. The van der Waals surface area contributed by atoms with Crippen LogP contribution in [0, 0.1) is 17.2 Å². The van der Waals surface area contributed by atoms with Crippen LogP contribution in [0.25, 0.3) is 0 Å². The van der Waals surface area contributed by atoms with Gasteiger partial charge in [0.05, 0.1) is 11.6 Å². The van der Waals surface area contributed by atoms with Gasteiger partial charge in [-0.3, -0.25) is 0 Å². The van der Waals surface area contributed by atoms with Crippen molar-refractivity contribution in [1.29, 1.82) is 5.26 Å². The first-order valence-corrected chi connectivity index (χ1v) is 4.61. The molecule has 14 heavy (non-hydrogen) atoms. The Hall–Kier alpha value is -1.53. The van der Waals surface area contributed by atoms with Crippen LogP contribution in [0.4, 0.5) is 5.69 Å². The second-order valence-corrected chi connectivity index (χ2v) is 3.73.